The van der Waals surface area contributed by atoms with Crippen molar-refractivity contribution in [3.05, 3.63) is 11.9 Å². The lowest BCUT2D eigenvalue weighted by atomic mass is 9.80. The summed E-state index contributed by atoms with van der Waals surface area (Å²) in [6.45, 7) is 6.37. The lowest BCUT2D eigenvalue weighted by molar-refractivity contribution is -0.144. The fourth-order valence-corrected chi connectivity index (χ4v) is 3.09. The number of nitrogens with one attached hydrogen (secondary N) is 1. The van der Waals surface area contributed by atoms with Gasteiger partial charge in [-0.25, -0.2) is 9.50 Å². The fourth-order valence-electron chi connectivity index (χ4n) is 2.23. The molecule has 1 aliphatic carbocycles. The van der Waals surface area contributed by atoms with Crippen LogP contribution >= 0.6 is 11.3 Å². The number of aliphatic carboxylic acids is 1. The van der Waals surface area contributed by atoms with Gasteiger partial charge in [0.2, 0.25) is 10.1 Å². The summed E-state index contributed by atoms with van der Waals surface area (Å²) >= 11 is 1.50. The van der Waals surface area contributed by atoms with Gasteiger partial charge in [-0.3, -0.25) is 4.79 Å². The summed E-state index contributed by atoms with van der Waals surface area (Å²) in [5.74, 6) is -0.907. The van der Waals surface area contributed by atoms with Crippen molar-refractivity contribution in [2.75, 3.05) is 5.32 Å². The molecule has 3 rings (SSSR count). The molecule has 0 bridgehead atoms. The van der Waals surface area contributed by atoms with Gasteiger partial charge in [-0.2, -0.15) is 0 Å². The molecular formula is C13H18N4O2S. The number of hydrogen-bond acceptors (Lipinski definition) is 5. The Bertz CT molecular complexity index is 617. The SMILES string of the molecule is CC(C)(C)c1cn2nc(NC3CC(C(=O)O)C3)sc2n1. The van der Waals surface area contributed by atoms with Gasteiger partial charge in [0, 0.05) is 11.5 Å². The number of carbonyl (C=O) groups is 1. The highest BCUT2D eigenvalue weighted by Gasteiger charge is 2.34. The maximum absolute atomic E-state index is 10.8. The summed E-state index contributed by atoms with van der Waals surface area (Å²) in [6, 6.07) is 0.217. The van der Waals surface area contributed by atoms with Gasteiger partial charge in [-0.15, -0.1) is 5.10 Å². The van der Waals surface area contributed by atoms with Gasteiger partial charge in [0.25, 0.3) is 0 Å². The second kappa shape index (κ2) is 4.44. The summed E-state index contributed by atoms with van der Waals surface area (Å²) in [5, 5.41) is 17.4. The molecule has 0 radical (unpaired) electrons. The summed E-state index contributed by atoms with van der Waals surface area (Å²) in [5.41, 5.74) is 1.04. The number of nitrogens with zero attached hydrogens (tertiary/aromatic N) is 3. The molecule has 20 heavy (non-hydrogen) atoms. The third kappa shape index (κ3) is 2.37. The van der Waals surface area contributed by atoms with Gasteiger partial charge in [-0.05, 0) is 12.8 Å². The molecule has 0 saturated heterocycles. The Morgan fingerprint density at radius 2 is 2.20 bits per heavy atom. The number of anilines is 1. The van der Waals surface area contributed by atoms with E-state index in [1.807, 2.05) is 6.20 Å². The molecule has 7 heteroatoms. The average molecular weight is 294 g/mol. The smallest absolute Gasteiger partial charge is 0.306 e. The van der Waals surface area contributed by atoms with E-state index in [-0.39, 0.29) is 17.4 Å². The molecule has 1 saturated carbocycles. The maximum atomic E-state index is 10.8. The van der Waals surface area contributed by atoms with Crippen molar-refractivity contribution in [2.24, 2.45) is 5.92 Å². The highest BCUT2D eigenvalue weighted by atomic mass is 32.1. The Balaban J connectivity index is 1.69. The van der Waals surface area contributed by atoms with Gasteiger partial charge in [0.05, 0.1) is 17.8 Å². The first-order chi connectivity index (χ1) is 9.33. The molecule has 0 unspecified atom stereocenters. The molecule has 0 atom stereocenters. The van der Waals surface area contributed by atoms with E-state index < -0.39 is 5.97 Å². The summed E-state index contributed by atoms with van der Waals surface area (Å²) in [4.78, 5) is 16.2. The van der Waals surface area contributed by atoms with Crippen LogP contribution in [0.2, 0.25) is 0 Å². The van der Waals surface area contributed by atoms with Crippen LogP contribution < -0.4 is 5.32 Å². The van der Waals surface area contributed by atoms with Crippen LogP contribution in [0.1, 0.15) is 39.3 Å². The standard InChI is InChI=1S/C13H18N4O2S/c1-13(2,3)9-6-17-12(15-9)20-11(16-17)14-8-4-7(5-8)10(18)19/h6-8H,4-5H2,1-3H3,(H,14,16)(H,18,19). The van der Waals surface area contributed by atoms with Crippen molar-refractivity contribution in [3.8, 4) is 0 Å². The second-order valence-electron chi connectivity index (χ2n) is 6.36. The molecule has 6 nitrogen and oxygen atoms in total. The third-order valence-electron chi connectivity index (χ3n) is 3.63. The van der Waals surface area contributed by atoms with E-state index in [1.54, 1.807) is 4.52 Å². The minimum atomic E-state index is -0.702. The Morgan fingerprint density at radius 1 is 1.50 bits per heavy atom. The van der Waals surface area contributed by atoms with Crippen molar-refractivity contribution in [1.29, 1.82) is 0 Å². The molecule has 1 fully saturated rings. The first kappa shape index (κ1) is 13.4. The summed E-state index contributed by atoms with van der Waals surface area (Å²) < 4.78 is 1.79. The predicted molar refractivity (Wildman–Crippen MR) is 77.3 cm³/mol. The Labute approximate surface area is 120 Å². The largest absolute Gasteiger partial charge is 0.481 e. The minimum absolute atomic E-state index is 0.0176. The lowest BCUT2D eigenvalue weighted by Crippen LogP contribution is -2.39. The van der Waals surface area contributed by atoms with Crippen LogP contribution in [0, 0.1) is 5.92 Å². The van der Waals surface area contributed by atoms with Crippen LogP contribution in [0.15, 0.2) is 6.20 Å². The highest BCUT2D eigenvalue weighted by Crippen LogP contribution is 2.32. The van der Waals surface area contributed by atoms with E-state index in [2.05, 4.69) is 36.2 Å². The average Bonchev–Trinajstić information content (AvgIpc) is 2.77. The van der Waals surface area contributed by atoms with E-state index in [0.29, 0.717) is 12.8 Å². The van der Waals surface area contributed by atoms with Gasteiger partial charge < -0.3 is 10.4 Å². The second-order valence-corrected chi connectivity index (χ2v) is 7.31. The zero-order valence-electron chi connectivity index (χ0n) is 11.8. The monoisotopic (exact) mass is 294 g/mol. The quantitative estimate of drug-likeness (QED) is 0.908. The zero-order valence-corrected chi connectivity index (χ0v) is 12.6. The van der Waals surface area contributed by atoms with Crippen molar-refractivity contribution in [2.45, 2.75) is 45.1 Å². The lowest BCUT2D eigenvalue weighted by Gasteiger charge is -2.32. The highest BCUT2D eigenvalue weighted by molar-refractivity contribution is 7.20. The predicted octanol–water partition coefficient (Wildman–Crippen LogP) is 2.36. The van der Waals surface area contributed by atoms with Crippen LogP contribution in [0.3, 0.4) is 0 Å². The Kier molecular flexibility index (Phi) is 2.97. The van der Waals surface area contributed by atoms with Crippen LogP contribution in [0.5, 0.6) is 0 Å². The molecule has 0 spiro atoms. The molecule has 108 valence electrons. The number of hydrogen-bond donors (Lipinski definition) is 2. The molecule has 2 N–H and O–H groups in total. The van der Waals surface area contributed by atoms with Gasteiger partial charge in [0.1, 0.15) is 0 Å². The first-order valence-corrected chi connectivity index (χ1v) is 7.50. The van der Waals surface area contributed by atoms with Crippen molar-refractivity contribution in [3.63, 3.8) is 0 Å². The van der Waals surface area contributed by atoms with Crippen molar-refractivity contribution in [1.82, 2.24) is 14.6 Å². The Morgan fingerprint density at radius 3 is 2.75 bits per heavy atom. The molecule has 2 aromatic heterocycles. The maximum Gasteiger partial charge on any atom is 0.306 e. The number of carboxylic acids is 1. The first-order valence-electron chi connectivity index (χ1n) is 6.69. The van der Waals surface area contributed by atoms with Gasteiger partial charge in [-0.1, -0.05) is 32.1 Å². The number of imidazole rings is 1. The van der Waals surface area contributed by atoms with Crippen LogP contribution in [0.25, 0.3) is 4.96 Å². The van der Waals surface area contributed by atoms with E-state index in [0.717, 1.165) is 15.8 Å². The van der Waals surface area contributed by atoms with Crippen LogP contribution in [-0.4, -0.2) is 31.7 Å². The van der Waals surface area contributed by atoms with E-state index in [4.69, 9.17) is 5.11 Å². The number of fused-ring (bicyclic) bond motifs is 1. The Hall–Kier alpha value is -1.63. The normalized spacial score (nSPS) is 22.8. The zero-order chi connectivity index (χ0) is 14.5. The summed E-state index contributed by atoms with van der Waals surface area (Å²) in [7, 11) is 0. The number of aromatic nitrogens is 3. The van der Waals surface area contributed by atoms with E-state index >= 15 is 0 Å². The molecule has 0 aliphatic heterocycles. The molecule has 2 aromatic rings. The molecular weight excluding hydrogens is 276 g/mol. The molecule has 0 amide bonds. The van der Waals surface area contributed by atoms with Crippen LogP contribution in [0.4, 0.5) is 5.13 Å². The molecule has 1 aliphatic rings. The summed E-state index contributed by atoms with van der Waals surface area (Å²) in [6.07, 6.45) is 3.30. The fraction of sp³-hybridized carbons (Fsp3) is 0.615. The molecule has 2 heterocycles. The number of carboxylic acid groups (broad SMARTS) is 1. The van der Waals surface area contributed by atoms with Crippen molar-refractivity contribution >= 4 is 27.4 Å². The van der Waals surface area contributed by atoms with Crippen LogP contribution in [-0.2, 0) is 10.2 Å². The van der Waals surface area contributed by atoms with E-state index in [1.165, 1.54) is 11.3 Å². The third-order valence-corrected chi connectivity index (χ3v) is 4.48. The van der Waals surface area contributed by atoms with Crippen molar-refractivity contribution < 1.29 is 9.90 Å². The minimum Gasteiger partial charge on any atom is -0.481 e. The number of rotatable bonds is 3. The van der Waals surface area contributed by atoms with E-state index in [9.17, 15) is 4.79 Å². The topological polar surface area (TPSA) is 79.5 Å². The van der Waals surface area contributed by atoms with Gasteiger partial charge in [0.15, 0.2) is 0 Å². The van der Waals surface area contributed by atoms with Gasteiger partial charge >= 0.3 is 5.97 Å². The molecule has 0 aromatic carbocycles.